The summed E-state index contributed by atoms with van der Waals surface area (Å²) in [7, 11) is 0. The average molecular weight is 444 g/mol. The van der Waals surface area contributed by atoms with Crippen LogP contribution in [0.4, 0.5) is 5.69 Å². The Bertz CT molecular complexity index is 1210. The largest absolute Gasteiger partial charge is 0.382 e. The molecule has 3 aromatic rings. The second-order valence-electron chi connectivity index (χ2n) is 8.13. The maximum Gasteiger partial charge on any atom is 0.277 e. The van der Waals surface area contributed by atoms with Crippen molar-refractivity contribution in [1.82, 2.24) is 4.90 Å². The van der Waals surface area contributed by atoms with Crippen LogP contribution in [0.25, 0.3) is 11.1 Å². The summed E-state index contributed by atoms with van der Waals surface area (Å²) in [6, 6.07) is 21.3. The number of halogens is 1. The number of likely N-dealkylation sites (tertiary alicyclic amines) is 1. The molecule has 2 aliphatic heterocycles. The molecular formula is C26H22ClN3O2. The predicted molar refractivity (Wildman–Crippen MR) is 128 cm³/mol. The number of hydrogen-bond acceptors (Lipinski definition) is 3. The van der Waals surface area contributed by atoms with Gasteiger partial charge < -0.3 is 10.2 Å². The van der Waals surface area contributed by atoms with Gasteiger partial charge in [0.15, 0.2) is 0 Å². The number of hydrogen-bond donors (Lipinski definition) is 1. The van der Waals surface area contributed by atoms with Gasteiger partial charge in [0.05, 0.1) is 5.56 Å². The van der Waals surface area contributed by atoms with E-state index in [2.05, 4.69) is 10.3 Å². The minimum absolute atomic E-state index is 0.0567. The van der Waals surface area contributed by atoms with Gasteiger partial charge in [-0.05, 0) is 60.4 Å². The highest BCUT2D eigenvalue weighted by Gasteiger charge is 2.25. The van der Waals surface area contributed by atoms with Crippen molar-refractivity contribution in [3.63, 3.8) is 0 Å². The van der Waals surface area contributed by atoms with Gasteiger partial charge in [-0.15, -0.1) is 0 Å². The summed E-state index contributed by atoms with van der Waals surface area (Å²) in [6.07, 6.45) is 3.33. The van der Waals surface area contributed by atoms with Gasteiger partial charge >= 0.3 is 0 Å². The lowest BCUT2D eigenvalue weighted by molar-refractivity contribution is 0.0719. The molecule has 2 aliphatic rings. The highest BCUT2D eigenvalue weighted by atomic mass is 35.5. The molecule has 0 aliphatic carbocycles. The number of benzene rings is 3. The molecule has 1 N–H and O–H groups in total. The van der Waals surface area contributed by atoms with Crippen LogP contribution >= 0.6 is 11.6 Å². The number of carbonyl (C=O) groups excluding carboxylic acids is 2. The van der Waals surface area contributed by atoms with Gasteiger partial charge in [0.2, 0.25) is 0 Å². The third kappa shape index (κ3) is 4.04. The van der Waals surface area contributed by atoms with Gasteiger partial charge in [0.1, 0.15) is 0 Å². The molecule has 1 saturated heterocycles. The van der Waals surface area contributed by atoms with Crippen LogP contribution in [0, 0.1) is 0 Å². The van der Waals surface area contributed by atoms with Crippen molar-refractivity contribution in [2.24, 2.45) is 4.99 Å². The fraction of sp³-hybridized carbons (Fsp3) is 0.192. The number of carbonyl (C=O) groups is 2. The SMILES string of the molecule is O=C1N=Cc2cc(NC3CCN(C(=O)c4ccccc4-c4ccc(Cl)cc4)CC3)ccc21. The van der Waals surface area contributed by atoms with E-state index < -0.39 is 0 Å². The first-order valence-corrected chi connectivity index (χ1v) is 11.1. The number of nitrogens with one attached hydrogen (secondary N) is 1. The first-order valence-electron chi connectivity index (χ1n) is 10.7. The minimum atomic E-state index is -0.183. The molecule has 2 heterocycles. The fourth-order valence-corrected chi connectivity index (χ4v) is 4.46. The summed E-state index contributed by atoms with van der Waals surface area (Å²) in [5, 5.41) is 4.22. The molecular weight excluding hydrogens is 422 g/mol. The summed E-state index contributed by atoms with van der Waals surface area (Å²) < 4.78 is 0. The number of anilines is 1. The van der Waals surface area contributed by atoms with Crippen LogP contribution in [0.2, 0.25) is 5.02 Å². The van der Waals surface area contributed by atoms with Crippen molar-refractivity contribution >= 4 is 35.3 Å². The Hall–Kier alpha value is -3.44. The molecule has 6 heteroatoms. The lowest BCUT2D eigenvalue weighted by Gasteiger charge is -2.33. The molecule has 5 rings (SSSR count). The Morgan fingerprint density at radius 3 is 2.50 bits per heavy atom. The highest BCUT2D eigenvalue weighted by molar-refractivity contribution is 6.30. The predicted octanol–water partition coefficient (Wildman–Crippen LogP) is 5.30. The van der Waals surface area contributed by atoms with Crippen molar-refractivity contribution in [2.45, 2.75) is 18.9 Å². The topological polar surface area (TPSA) is 61.8 Å². The van der Waals surface area contributed by atoms with E-state index in [0.29, 0.717) is 29.2 Å². The van der Waals surface area contributed by atoms with Gasteiger partial charge in [0.25, 0.3) is 11.8 Å². The van der Waals surface area contributed by atoms with Crippen LogP contribution in [0.15, 0.2) is 71.7 Å². The van der Waals surface area contributed by atoms with E-state index in [1.54, 1.807) is 6.21 Å². The van der Waals surface area contributed by atoms with Crippen molar-refractivity contribution in [1.29, 1.82) is 0 Å². The third-order valence-corrected chi connectivity index (χ3v) is 6.32. The Kier molecular flexibility index (Phi) is 5.50. The minimum Gasteiger partial charge on any atom is -0.382 e. The van der Waals surface area contributed by atoms with Crippen molar-refractivity contribution in [3.8, 4) is 11.1 Å². The monoisotopic (exact) mass is 443 g/mol. The number of fused-ring (bicyclic) bond motifs is 1. The van der Waals surface area contributed by atoms with E-state index in [4.69, 9.17) is 11.6 Å². The zero-order valence-corrected chi connectivity index (χ0v) is 18.2. The Morgan fingerprint density at radius 2 is 1.72 bits per heavy atom. The smallest absolute Gasteiger partial charge is 0.277 e. The lowest BCUT2D eigenvalue weighted by Crippen LogP contribution is -2.42. The zero-order chi connectivity index (χ0) is 22.1. The molecule has 0 spiro atoms. The molecule has 32 heavy (non-hydrogen) atoms. The van der Waals surface area contributed by atoms with E-state index in [0.717, 1.165) is 35.2 Å². The molecule has 0 bridgehead atoms. The Balaban J connectivity index is 1.25. The first kappa shape index (κ1) is 20.5. The standard InChI is InChI=1S/C26H22ClN3O2/c27-19-7-5-17(6-8-19)22-3-1-2-4-24(22)26(32)30-13-11-20(12-14-30)29-21-9-10-23-18(15-21)16-28-25(23)31/h1-10,15-16,20,29H,11-14H2. The average Bonchev–Trinajstić information content (AvgIpc) is 3.19. The number of aliphatic imine (C=N–C) groups is 1. The van der Waals surface area contributed by atoms with Crippen LogP contribution in [-0.4, -0.2) is 42.1 Å². The number of piperidine rings is 1. The lowest BCUT2D eigenvalue weighted by atomic mass is 9.97. The van der Waals surface area contributed by atoms with E-state index in [9.17, 15) is 9.59 Å². The molecule has 160 valence electrons. The quantitative estimate of drug-likeness (QED) is 0.595. The van der Waals surface area contributed by atoms with Crippen LogP contribution in [0.5, 0.6) is 0 Å². The number of nitrogens with zero attached hydrogens (tertiary/aromatic N) is 2. The molecule has 0 aromatic heterocycles. The molecule has 3 aromatic carbocycles. The second kappa shape index (κ2) is 8.60. The highest BCUT2D eigenvalue weighted by Crippen LogP contribution is 2.28. The molecule has 0 radical (unpaired) electrons. The summed E-state index contributed by atoms with van der Waals surface area (Å²) in [5.41, 5.74) is 5.09. The van der Waals surface area contributed by atoms with E-state index >= 15 is 0 Å². The van der Waals surface area contributed by atoms with E-state index in [-0.39, 0.29) is 17.9 Å². The van der Waals surface area contributed by atoms with Crippen LogP contribution in [0.1, 0.15) is 39.1 Å². The van der Waals surface area contributed by atoms with Gasteiger partial charge in [0, 0.05) is 47.2 Å². The van der Waals surface area contributed by atoms with Crippen LogP contribution in [-0.2, 0) is 0 Å². The van der Waals surface area contributed by atoms with Crippen molar-refractivity contribution in [3.05, 3.63) is 88.4 Å². The van der Waals surface area contributed by atoms with Gasteiger partial charge in [-0.1, -0.05) is 41.9 Å². The van der Waals surface area contributed by atoms with Gasteiger partial charge in [-0.3, -0.25) is 9.59 Å². The zero-order valence-electron chi connectivity index (χ0n) is 17.4. The molecule has 0 saturated carbocycles. The molecule has 0 atom stereocenters. The van der Waals surface area contributed by atoms with Crippen molar-refractivity contribution in [2.75, 3.05) is 18.4 Å². The molecule has 1 fully saturated rings. The second-order valence-corrected chi connectivity index (χ2v) is 8.57. The maximum atomic E-state index is 13.3. The summed E-state index contributed by atoms with van der Waals surface area (Å²) in [4.78, 5) is 30.7. The van der Waals surface area contributed by atoms with Crippen molar-refractivity contribution < 1.29 is 9.59 Å². The normalized spacial score (nSPS) is 15.7. The van der Waals surface area contributed by atoms with Crippen LogP contribution < -0.4 is 5.32 Å². The third-order valence-electron chi connectivity index (χ3n) is 6.07. The first-order chi connectivity index (χ1) is 15.6. The Morgan fingerprint density at radius 1 is 0.969 bits per heavy atom. The molecule has 2 amide bonds. The molecule has 5 nitrogen and oxygen atoms in total. The maximum absolute atomic E-state index is 13.3. The summed E-state index contributed by atoms with van der Waals surface area (Å²) in [6.45, 7) is 1.38. The van der Waals surface area contributed by atoms with E-state index in [1.807, 2.05) is 71.6 Å². The Labute approximate surface area is 191 Å². The fourth-order valence-electron chi connectivity index (χ4n) is 4.34. The van der Waals surface area contributed by atoms with E-state index in [1.165, 1.54) is 0 Å². The molecule has 0 unspecified atom stereocenters. The summed E-state index contributed by atoms with van der Waals surface area (Å²) in [5.74, 6) is -0.126. The van der Waals surface area contributed by atoms with Gasteiger partial charge in [-0.2, -0.15) is 0 Å². The number of amides is 2. The van der Waals surface area contributed by atoms with Crippen LogP contribution in [0.3, 0.4) is 0 Å². The number of rotatable bonds is 4. The van der Waals surface area contributed by atoms with Gasteiger partial charge in [-0.25, -0.2) is 4.99 Å². The summed E-state index contributed by atoms with van der Waals surface area (Å²) >= 11 is 6.03.